The van der Waals surface area contributed by atoms with E-state index in [1.54, 1.807) is 9.80 Å². The summed E-state index contributed by atoms with van der Waals surface area (Å²) in [6.07, 6.45) is 1.71. The predicted molar refractivity (Wildman–Crippen MR) is 159 cm³/mol. The fourth-order valence-corrected chi connectivity index (χ4v) is 6.10. The van der Waals surface area contributed by atoms with Crippen LogP contribution in [0, 0.1) is 5.41 Å². The second-order valence-corrected chi connectivity index (χ2v) is 13.6. The number of amides is 2. The molecule has 4 rings (SSSR count). The average Bonchev–Trinajstić information content (AvgIpc) is 3.34. The normalized spacial score (nSPS) is 16.4. The number of carbonyl (C=O) groups is 1. The number of nitrogens with two attached hydrogens (primary N) is 1. The number of halogens is 1. The van der Waals surface area contributed by atoms with Crippen molar-refractivity contribution < 1.29 is 17.6 Å². The van der Waals surface area contributed by atoms with Crippen LogP contribution < -0.4 is 5.73 Å². The van der Waals surface area contributed by atoms with Gasteiger partial charge in [0.25, 0.3) is 0 Å². The Kier molecular flexibility index (Phi) is 9.51. The minimum Gasteiger partial charge on any atom is -0.328 e. The average molecular weight is 585 g/mol. The Balaban J connectivity index is 1.78. The molecule has 2 atom stereocenters. The third kappa shape index (κ3) is 7.52. The van der Waals surface area contributed by atoms with Crippen LogP contribution in [-0.2, 0) is 16.6 Å². The molecule has 0 radical (unpaired) electrons. The van der Waals surface area contributed by atoms with Crippen LogP contribution in [0.1, 0.15) is 38.2 Å². The molecule has 0 aliphatic carbocycles. The summed E-state index contributed by atoms with van der Waals surface area (Å²) in [5.74, 6) is 0.646. The Labute approximate surface area is 242 Å². The van der Waals surface area contributed by atoms with E-state index >= 15 is 4.39 Å². The number of imidazole rings is 1. The highest BCUT2D eigenvalue weighted by atomic mass is 32.2. The Bertz CT molecular complexity index is 1400. The van der Waals surface area contributed by atoms with Gasteiger partial charge in [-0.05, 0) is 11.0 Å². The number of rotatable bonds is 9. The molecule has 1 aliphatic heterocycles. The Morgan fingerprint density at radius 3 is 2.15 bits per heavy atom. The summed E-state index contributed by atoms with van der Waals surface area (Å²) in [5, 5.41) is 0. The fraction of sp³-hybridized carbons (Fsp3) is 0.467. The molecular weight excluding hydrogens is 543 g/mol. The molecule has 11 heteroatoms. The maximum atomic E-state index is 15.1. The van der Waals surface area contributed by atoms with Crippen LogP contribution >= 0.6 is 0 Å². The van der Waals surface area contributed by atoms with E-state index in [1.807, 2.05) is 92.2 Å². The predicted octanol–water partition coefficient (Wildman–Crippen LogP) is 3.98. The number of sulfonamides is 1. The second-order valence-electron chi connectivity index (χ2n) is 11.6. The molecule has 2 N–H and O–H groups in total. The van der Waals surface area contributed by atoms with Crippen LogP contribution in [-0.4, -0.2) is 89.8 Å². The van der Waals surface area contributed by atoms with Crippen molar-refractivity contribution in [2.24, 2.45) is 11.1 Å². The molecule has 1 saturated heterocycles. The fourth-order valence-electron chi connectivity index (χ4n) is 5.27. The van der Waals surface area contributed by atoms with Crippen LogP contribution in [0.3, 0.4) is 0 Å². The minimum absolute atomic E-state index is 0.190. The monoisotopic (exact) mass is 584 g/mol. The zero-order valence-corrected chi connectivity index (χ0v) is 25.1. The third-order valence-electron chi connectivity index (χ3n) is 7.32. The summed E-state index contributed by atoms with van der Waals surface area (Å²) in [4.78, 5) is 22.4. The van der Waals surface area contributed by atoms with Crippen LogP contribution in [0.5, 0.6) is 0 Å². The van der Waals surface area contributed by atoms with E-state index in [0.29, 0.717) is 12.4 Å². The summed E-state index contributed by atoms with van der Waals surface area (Å²) < 4.78 is 42.6. The molecule has 222 valence electrons. The second kappa shape index (κ2) is 12.7. The summed E-state index contributed by atoms with van der Waals surface area (Å²) in [5.41, 5.74) is 7.94. The zero-order chi connectivity index (χ0) is 29.8. The number of benzene rings is 2. The molecule has 0 bridgehead atoms. The lowest BCUT2D eigenvalue weighted by Crippen LogP contribution is -2.56. The molecule has 2 heterocycles. The van der Waals surface area contributed by atoms with Gasteiger partial charge in [-0.25, -0.2) is 22.6 Å². The van der Waals surface area contributed by atoms with E-state index in [-0.39, 0.29) is 45.3 Å². The quantitative estimate of drug-likeness (QED) is 0.410. The molecule has 2 aromatic carbocycles. The number of alkyl halides is 1. The molecule has 9 nitrogen and oxygen atoms in total. The van der Waals surface area contributed by atoms with E-state index in [2.05, 4.69) is 0 Å². The highest BCUT2D eigenvalue weighted by molar-refractivity contribution is 7.88. The van der Waals surface area contributed by atoms with Crippen molar-refractivity contribution >= 4 is 16.1 Å². The summed E-state index contributed by atoms with van der Waals surface area (Å²) in [6.45, 7) is 6.94. The van der Waals surface area contributed by atoms with Crippen molar-refractivity contribution in [3.63, 3.8) is 0 Å². The highest BCUT2D eigenvalue weighted by Gasteiger charge is 2.41. The van der Waals surface area contributed by atoms with Gasteiger partial charge >= 0.3 is 6.03 Å². The van der Waals surface area contributed by atoms with Gasteiger partial charge in [-0.2, -0.15) is 4.31 Å². The number of carbonyl (C=O) groups excluding carboxylic acids is 1. The molecule has 1 fully saturated rings. The largest absolute Gasteiger partial charge is 0.328 e. The first-order chi connectivity index (χ1) is 19.4. The molecule has 2 amide bonds. The van der Waals surface area contributed by atoms with Crippen molar-refractivity contribution in [1.82, 2.24) is 23.7 Å². The van der Waals surface area contributed by atoms with Crippen molar-refractivity contribution in [3.05, 3.63) is 78.2 Å². The van der Waals surface area contributed by atoms with Gasteiger partial charge in [0.1, 0.15) is 12.0 Å². The lowest BCUT2D eigenvalue weighted by molar-refractivity contribution is 0.0615. The van der Waals surface area contributed by atoms with Gasteiger partial charge in [0.2, 0.25) is 10.0 Å². The van der Waals surface area contributed by atoms with Crippen LogP contribution in [0.25, 0.3) is 11.3 Å². The molecule has 1 aliphatic rings. The first kappa shape index (κ1) is 30.7. The first-order valence-electron chi connectivity index (χ1n) is 13.9. The van der Waals surface area contributed by atoms with Crippen LogP contribution in [0.15, 0.2) is 66.9 Å². The maximum absolute atomic E-state index is 15.1. The van der Waals surface area contributed by atoms with Crippen molar-refractivity contribution in [2.45, 2.75) is 39.5 Å². The molecule has 3 aromatic rings. The van der Waals surface area contributed by atoms with Gasteiger partial charge in [0, 0.05) is 51.0 Å². The maximum Gasteiger partial charge on any atom is 0.320 e. The van der Waals surface area contributed by atoms with Gasteiger partial charge in [-0.15, -0.1) is 0 Å². The van der Waals surface area contributed by atoms with E-state index < -0.39 is 27.7 Å². The van der Waals surface area contributed by atoms with Crippen molar-refractivity contribution in [2.75, 3.05) is 45.5 Å². The smallest absolute Gasteiger partial charge is 0.320 e. The van der Waals surface area contributed by atoms with Gasteiger partial charge < -0.3 is 20.1 Å². The van der Waals surface area contributed by atoms with Crippen LogP contribution in [0.4, 0.5) is 9.18 Å². The first-order valence-corrected chi connectivity index (χ1v) is 15.7. The number of aromatic nitrogens is 2. The van der Waals surface area contributed by atoms with E-state index in [1.165, 1.54) is 4.31 Å². The molecule has 41 heavy (non-hydrogen) atoms. The molecule has 0 spiro atoms. The van der Waals surface area contributed by atoms with E-state index in [4.69, 9.17) is 10.7 Å². The van der Waals surface area contributed by atoms with Crippen molar-refractivity contribution in [1.29, 1.82) is 0 Å². The third-order valence-corrected chi connectivity index (χ3v) is 8.63. The summed E-state index contributed by atoms with van der Waals surface area (Å²) in [7, 11) is -3.37. The summed E-state index contributed by atoms with van der Waals surface area (Å²) >= 11 is 0. The topological polar surface area (TPSA) is 105 Å². The number of hydrogen-bond acceptors (Lipinski definition) is 5. The molecule has 0 saturated carbocycles. The van der Waals surface area contributed by atoms with Crippen molar-refractivity contribution in [3.8, 4) is 11.3 Å². The SMILES string of the molecule is CC(C)(C)C(c1nc(-c2ccccc2)cn1Cc1ccccc1)N(CC(F)CN)C(=O)N1CCN(S(C)(=O)=O)CC1. The molecule has 1 aromatic heterocycles. The zero-order valence-electron chi connectivity index (χ0n) is 24.3. The Morgan fingerprint density at radius 1 is 1.02 bits per heavy atom. The minimum atomic E-state index is -3.37. The number of hydrogen-bond donors (Lipinski definition) is 1. The standard InChI is InChI=1S/C30H41FN6O3S/c1-30(2,3)27(37(21-25(31)19-32)29(38)34-15-17-36(18-16-34)41(4,39)40)28-33-26(24-13-9-6-10-14-24)22-35(28)20-23-11-7-5-8-12-23/h5-14,22,25,27H,15-21,32H2,1-4H3. The van der Waals surface area contributed by atoms with E-state index in [0.717, 1.165) is 23.1 Å². The molecule has 2 unspecified atom stereocenters. The lowest BCUT2D eigenvalue weighted by Gasteiger charge is -2.44. The Morgan fingerprint density at radius 2 is 1.61 bits per heavy atom. The lowest BCUT2D eigenvalue weighted by atomic mass is 9.84. The number of nitrogens with zero attached hydrogens (tertiary/aromatic N) is 5. The van der Waals surface area contributed by atoms with Crippen LogP contribution in [0.2, 0.25) is 0 Å². The molecular formula is C30H41FN6O3S. The van der Waals surface area contributed by atoms with Gasteiger partial charge in [-0.1, -0.05) is 81.4 Å². The number of urea groups is 1. The van der Waals surface area contributed by atoms with Gasteiger partial charge in [0.05, 0.1) is 24.5 Å². The van der Waals surface area contributed by atoms with Gasteiger partial charge in [0.15, 0.2) is 0 Å². The van der Waals surface area contributed by atoms with E-state index in [9.17, 15) is 13.2 Å². The highest BCUT2D eigenvalue weighted by Crippen LogP contribution is 2.40. The Hall–Kier alpha value is -3.28. The summed E-state index contributed by atoms with van der Waals surface area (Å²) in [6, 6.07) is 18.9. The number of piperazine rings is 1. The van der Waals surface area contributed by atoms with Gasteiger partial charge in [-0.3, -0.25) is 0 Å².